The number of piperidine rings is 1. The lowest BCUT2D eigenvalue weighted by Crippen LogP contribution is -2.50. The molecule has 0 unspecified atom stereocenters. The van der Waals surface area contributed by atoms with Gasteiger partial charge in [-0.05, 0) is 45.7 Å². The fraction of sp³-hybridized carbons (Fsp3) is 0.600. The number of carbonyl (C=O) groups is 1. The third-order valence-corrected chi connectivity index (χ3v) is 3.77. The predicted octanol–water partition coefficient (Wildman–Crippen LogP) is 2.21. The zero-order chi connectivity index (χ0) is 14.8. The van der Waals surface area contributed by atoms with E-state index in [1.54, 1.807) is 0 Å². The number of nitrogens with one attached hydrogen (secondary N) is 1. The van der Waals surface area contributed by atoms with Gasteiger partial charge in [0.05, 0.1) is 5.56 Å². The molecule has 5 heteroatoms. The molecule has 2 rings (SSSR count). The van der Waals surface area contributed by atoms with Crippen molar-refractivity contribution in [1.29, 1.82) is 0 Å². The van der Waals surface area contributed by atoms with Crippen molar-refractivity contribution in [3.63, 3.8) is 0 Å². The molecule has 1 aliphatic heterocycles. The van der Waals surface area contributed by atoms with Gasteiger partial charge >= 0.3 is 0 Å². The second-order valence-corrected chi connectivity index (χ2v) is 6.28. The molecule has 0 bridgehead atoms. The van der Waals surface area contributed by atoms with Crippen LogP contribution in [0.25, 0.3) is 0 Å². The molecule has 1 aromatic rings. The number of hydrogen-bond donors (Lipinski definition) is 1. The summed E-state index contributed by atoms with van der Waals surface area (Å²) in [5.74, 6) is -0.744. The normalized spacial score (nSPS) is 18.0. The van der Waals surface area contributed by atoms with E-state index in [1.807, 2.05) is 0 Å². The number of carbonyl (C=O) groups excluding carboxylic acids is 1. The maximum absolute atomic E-state index is 12.7. The smallest absolute Gasteiger partial charge is 0.253 e. The molecule has 0 atom stereocenters. The lowest BCUT2D eigenvalue weighted by atomic mass is 9.98. The van der Waals surface area contributed by atoms with Gasteiger partial charge in [0.15, 0.2) is 0 Å². The minimum atomic E-state index is -0.569. The van der Waals surface area contributed by atoms with Crippen LogP contribution in [0.1, 0.15) is 44.0 Å². The summed E-state index contributed by atoms with van der Waals surface area (Å²) >= 11 is 0. The van der Waals surface area contributed by atoms with Crippen LogP contribution in [0.15, 0.2) is 18.3 Å². The number of likely N-dealkylation sites (tertiary alicyclic amines) is 1. The first-order chi connectivity index (χ1) is 9.36. The summed E-state index contributed by atoms with van der Waals surface area (Å²) in [6, 6.07) is 2.85. The Hall–Kier alpha value is -1.49. The van der Waals surface area contributed by atoms with Crippen molar-refractivity contribution in [2.75, 3.05) is 13.1 Å². The Morgan fingerprint density at radius 1 is 1.35 bits per heavy atom. The minimum absolute atomic E-state index is 0.174. The molecule has 1 fully saturated rings. The van der Waals surface area contributed by atoms with Crippen molar-refractivity contribution in [3.05, 3.63) is 29.8 Å². The van der Waals surface area contributed by atoms with Crippen LogP contribution in [0.2, 0.25) is 0 Å². The molecule has 110 valence electrons. The number of nitrogens with zero attached hydrogens (tertiary/aromatic N) is 2. The minimum Gasteiger partial charge on any atom is -0.349 e. The first-order valence-electron chi connectivity index (χ1n) is 7.04. The first kappa shape index (κ1) is 14.9. The van der Waals surface area contributed by atoms with Gasteiger partial charge in [-0.3, -0.25) is 9.69 Å². The monoisotopic (exact) mass is 279 g/mol. The molecule has 1 aliphatic rings. The van der Waals surface area contributed by atoms with Crippen LogP contribution in [-0.2, 0) is 0 Å². The summed E-state index contributed by atoms with van der Waals surface area (Å²) in [4.78, 5) is 17.9. The molecule has 1 amide bonds. The fourth-order valence-corrected chi connectivity index (χ4v) is 2.47. The van der Waals surface area contributed by atoms with Crippen molar-refractivity contribution in [2.45, 2.75) is 45.2 Å². The van der Waals surface area contributed by atoms with Gasteiger partial charge in [-0.15, -0.1) is 0 Å². The average Bonchev–Trinajstić information content (AvgIpc) is 2.39. The molecular formula is C15H22FN3O. The Labute approximate surface area is 119 Å². The Morgan fingerprint density at radius 2 is 2.00 bits per heavy atom. The summed E-state index contributed by atoms with van der Waals surface area (Å²) in [6.07, 6.45) is 3.16. The van der Waals surface area contributed by atoms with E-state index < -0.39 is 5.95 Å². The molecule has 1 N–H and O–H groups in total. The maximum atomic E-state index is 12.7. The quantitative estimate of drug-likeness (QED) is 0.844. The van der Waals surface area contributed by atoms with Gasteiger partial charge in [-0.1, -0.05) is 0 Å². The van der Waals surface area contributed by atoms with Gasteiger partial charge in [0.1, 0.15) is 0 Å². The number of hydrogen-bond acceptors (Lipinski definition) is 3. The molecule has 2 heterocycles. The molecule has 4 nitrogen and oxygen atoms in total. The molecule has 0 aromatic carbocycles. The third kappa shape index (κ3) is 3.76. The van der Waals surface area contributed by atoms with Gasteiger partial charge in [0.2, 0.25) is 5.95 Å². The topological polar surface area (TPSA) is 45.2 Å². The molecule has 1 aromatic heterocycles. The van der Waals surface area contributed by atoms with Crippen LogP contribution in [0.3, 0.4) is 0 Å². The first-order valence-corrected chi connectivity index (χ1v) is 7.04. The van der Waals surface area contributed by atoms with E-state index >= 15 is 0 Å². The number of pyridine rings is 1. The second kappa shape index (κ2) is 5.87. The molecule has 0 radical (unpaired) electrons. The number of halogens is 1. The van der Waals surface area contributed by atoms with E-state index in [0.717, 1.165) is 25.9 Å². The Balaban J connectivity index is 1.86. The summed E-state index contributed by atoms with van der Waals surface area (Å²) < 4.78 is 12.7. The van der Waals surface area contributed by atoms with Crippen LogP contribution >= 0.6 is 0 Å². The molecule has 1 saturated heterocycles. The van der Waals surface area contributed by atoms with Crippen molar-refractivity contribution in [3.8, 4) is 0 Å². The fourth-order valence-electron chi connectivity index (χ4n) is 2.47. The highest BCUT2D eigenvalue weighted by Crippen LogP contribution is 2.20. The number of aromatic nitrogens is 1. The SMILES string of the molecule is CC(C)(C)N1CCC(NC(=O)c2ccc(F)nc2)CC1. The Kier molecular flexibility index (Phi) is 4.38. The zero-order valence-electron chi connectivity index (χ0n) is 12.3. The Bertz CT molecular complexity index is 459. The largest absolute Gasteiger partial charge is 0.349 e. The van der Waals surface area contributed by atoms with Crippen molar-refractivity contribution >= 4 is 5.91 Å². The highest BCUT2D eigenvalue weighted by Gasteiger charge is 2.27. The average molecular weight is 279 g/mol. The summed E-state index contributed by atoms with van der Waals surface area (Å²) in [5, 5.41) is 3.00. The second-order valence-electron chi connectivity index (χ2n) is 6.28. The van der Waals surface area contributed by atoms with Crippen molar-refractivity contribution < 1.29 is 9.18 Å². The summed E-state index contributed by atoms with van der Waals surface area (Å²) in [6.45, 7) is 8.58. The highest BCUT2D eigenvalue weighted by atomic mass is 19.1. The van der Waals surface area contributed by atoms with E-state index in [4.69, 9.17) is 0 Å². The van der Waals surface area contributed by atoms with Crippen molar-refractivity contribution in [1.82, 2.24) is 15.2 Å². The Morgan fingerprint density at radius 3 is 2.50 bits per heavy atom. The predicted molar refractivity (Wildman–Crippen MR) is 76.0 cm³/mol. The van der Waals surface area contributed by atoms with E-state index in [1.165, 1.54) is 18.3 Å². The molecule has 20 heavy (non-hydrogen) atoms. The summed E-state index contributed by atoms with van der Waals surface area (Å²) in [7, 11) is 0. The van der Waals surface area contributed by atoms with E-state index in [2.05, 4.69) is 36.0 Å². The van der Waals surface area contributed by atoms with E-state index in [9.17, 15) is 9.18 Å². The number of rotatable bonds is 2. The summed E-state index contributed by atoms with van der Waals surface area (Å²) in [5.41, 5.74) is 0.584. The van der Waals surface area contributed by atoms with E-state index in [-0.39, 0.29) is 17.5 Å². The molecule has 0 spiro atoms. The highest BCUT2D eigenvalue weighted by molar-refractivity contribution is 5.94. The van der Waals surface area contributed by atoms with Crippen LogP contribution in [-0.4, -0.2) is 40.5 Å². The van der Waals surface area contributed by atoms with Gasteiger partial charge in [0.25, 0.3) is 5.91 Å². The van der Waals surface area contributed by atoms with Crippen LogP contribution in [0.5, 0.6) is 0 Å². The van der Waals surface area contributed by atoms with Gasteiger partial charge in [-0.25, -0.2) is 4.98 Å². The third-order valence-electron chi connectivity index (χ3n) is 3.77. The molecule has 0 saturated carbocycles. The number of amides is 1. The molecular weight excluding hydrogens is 257 g/mol. The van der Waals surface area contributed by atoms with Crippen molar-refractivity contribution in [2.24, 2.45) is 0 Å². The van der Waals surface area contributed by atoms with Gasteiger partial charge in [-0.2, -0.15) is 4.39 Å². The van der Waals surface area contributed by atoms with Gasteiger partial charge in [0, 0.05) is 30.9 Å². The van der Waals surface area contributed by atoms with E-state index in [0.29, 0.717) is 5.56 Å². The van der Waals surface area contributed by atoms with Crippen LogP contribution < -0.4 is 5.32 Å². The zero-order valence-corrected chi connectivity index (χ0v) is 12.3. The lowest BCUT2D eigenvalue weighted by molar-refractivity contribution is 0.0812. The standard InChI is InChI=1S/C15H22FN3O/c1-15(2,3)19-8-6-12(7-9-19)18-14(20)11-4-5-13(16)17-10-11/h4-5,10,12H,6-9H2,1-3H3,(H,18,20). The molecule has 0 aliphatic carbocycles. The van der Waals surface area contributed by atoms with Crippen LogP contribution in [0, 0.1) is 5.95 Å². The van der Waals surface area contributed by atoms with Gasteiger partial charge < -0.3 is 5.32 Å². The maximum Gasteiger partial charge on any atom is 0.253 e. The lowest BCUT2D eigenvalue weighted by Gasteiger charge is -2.41. The van der Waals surface area contributed by atoms with Crippen LogP contribution in [0.4, 0.5) is 4.39 Å².